The zero-order valence-corrected chi connectivity index (χ0v) is 13.6. The minimum Gasteiger partial charge on any atom is -0.378 e. The van der Waals surface area contributed by atoms with Crippen LogP contribution in [-0.2, 0) is 4.74 Å². The highest BCUT2D eigenvalue weighted by atomic mass is 79.9. The van der Waals surface area contributed by atoms with Crippen molar-refractivity contribution < 1.29 is 4.74 Å². The third-order valence-corrected chi connectivity index (χ3v) is 5.72. The maximum Gasteiger partial charge on any atom is 0.0731 e. The van der Waals surface area contributed by atoms with Crippen molar-refractivity contribution in [3.63, 3.8) is 0 Å². The lowest BCUT2D eigenvalue weighted by molar-refractivity contribution is 0.0997. The zero-order valence-electron chi connectivity index (χ0n) is 11.2. The van der Waals surface area contributed by atoms with Crippen LogP contribution < -0.4 is 5.32 Å². The predicted molar refractivity (Wildman–Crippen MR) is 81.4 cm³/mol. The van der Waals surface area contributed by atoms with Crippen LogP contribution in [0, 0.1) is 6.92 Å². The molecule has 1 aromatic rings. The van der Waals surface area contributed by atoms with Crippen LogP contribution in [0.2, 0.25) is 0 Å². The van der Waals surface area contributed by atoms with E-state index in [9.17, 15) is 0 Å². The summed E-state index contributed by atoms with van der Waals surface area (Å²) in [6.45, 7) is 6.31. The Bertz CT molecular complexity index is 354. The highest BCUT2D eigenvalue weighted by Gasteiger charge is 2.19. The van der Waals surface area contributed by atoms with Crippen LogP contribution >= 0.6 is 27.3 Å². The molecule has 1 saturated heterocycles. The van der Waals surface area contributed by atoms with E-state index in [0.717, 1.165) is 13.2 Å². The quantitative estimate of drug-likeness (QED) is 0.832. The third kappa shape index (κ3) is 3.80. The van der Waals surface area contributed by atoms with Crippen molar-refractivity contribution in [1.29, 1.82) is 0 Å². The Morgan fingerprint density at radius 1 is 1.61 bits per heavy atom. The van der Waals surface area contributed by atoms with Gasteiger partial charge in [0.2, 0.25) is 0 Å². The molecular formula is C14H22BrNOS. The number of nitrogens with one attached hydrogen (secondary N) is 1. The molecule has 0 radical (unpaired) electrons. The fourth-order valence-corrected chi connectivity index (χ4v) is 4.15. The van der Waals surface area contributed by atoms with E-state index in [-0.39, 0.29) is 0 Å². The summed E-state index contributed by atoms with van der Waals surface area (Å²) < 4.78 is 6.97. The van der Waals surface area contributed by atoms with Crippen LogP contribution in [0.25, 0.3) is 0 Å². The van der Waals surface area contributed by atoms with Crippen molar-refractivity contribution in [3.05, 3.63) is 20.3 Å². The molecule has 0 bridgehead atoms. The molecule has 2 rings (SSSR count). The molecule has 0 aromatic carbocycles. The second-order valence-electron chi connectivity index (χ2n) is 4.93. The number of aryl methyl sites for hydroxylation is 1. The summed E-state index contributed by atoms with van der Waals surface area (Å²) in [4.78, 5) is 1.44. The average Bonchev–Trinajstić information content (AvgIpc) is 2.96. The molecule has 4 heteroatoms. The molecule has 2 unspecified atom stereocenters. The Kier molecular flexibility index (Phi) is 5.67. The van der Waals surface area contributed by atoms with Crippen molar-refractivity contribution in [3.8, 4) is 0 Å². The molecule has 1 aliphatic heterocycles. The molecule has 1 N–H and O–H groups in total. The number of rotatable bonds is 6. The summed E-state index contributed by atoms with van der Waals surface area (Å²) in [5.74, 6) is 0. The Hall–Kier alpha value is 0.1000. The fraction of sp³-hybridized carbons (Fsp3) is 0.714. The maximum absolute atomic E-state index is 5.71. The first kappa shape index (κ1) is 14.5. The standard InChI is InChI=1S/C14H22BrNOS/c1-3-16-12(7-6-11-5-4-8-17-11)13-9-10(2)14(15)18-13/h9,11-12,16H,3-8H2,1-2H3. The van der Waals surface area contributed by atoms with Crippen LogP contribution in [0.15, 0.2) is 9.85 Å². The molecule has 0 saturated carbocycles. The molecule has 1 aromatic heterocycles. The van der Waals surface area contributed by atoms with Gasteiger partial charge in [-0.2, -0.15) is 0 Å². The fourth-order valence-electron chi connectivity index (χ4n) is 2.47. The number of hydrogen-bond donors (Lipinski definition) is 1. The molecule has 2 atom stereocenters. The maximum atomic E-state index is 5.71. The minimum absolute atomic E-state index is 0.481. The highest BCUT2D eigenvalue weighted by molar-refractivity contribution is 9.11. The summed E-state index contributed by atoms with van der Waals surface area (Å²) in [5.41, 5.74) is 1.34. The van der Waals surface area contributed by atoms with Crippen molar-refractivity contribution >= 4 is 27.3 Å². The van der Waals surface area contributed by atoms with E-state index in [4.69, 9.17) is 4.74 Å². The molecule has 2 nitrogen and oxygen atoms in total. The third-order valence-electron chi connectivity index (χ3n) is 3.47. The number of hydrogen-bond acceptors (Lipinski definition) is 3. The molecule has 1 aliphatic rings. The molecule has 102 valence electrons. The molecule has 2 heterocycles. The van der Waals surface area contributed by atoms with Gasteiger partial charge in [0.25, 0.3) is 0 Å². The molecule has 18 heavy (non-hydrogen) atoms. The van der Waals surface area contributed by atoms with Crippen LogP contribution in [0.3, 0.4) is 0 Å². The smallest absolute Gasteiger partial charge is 0.0731 e. The van der Waals surface area contributed by atoms with Gasteiger partial charge in [-0.25, -0.2) is 0 Å². The first-order chi connectivity index (χ1) is 8.70. The van der Waals surface area contributed by atoms with Gasteiger partial charge in [0.05, 0.1) is 9.89 Å². The Morgan fingerprint density at radius 3 is 3.00 bits per heavy atom. The second-order valence-corrected chi connectivity index (χ2v) is 7.33. The summed E-state index contributed by atoms with van der Waals surface area (Å²) in [6, 6.07) is 2.78. The van der Waals surface area contributed by atoms with Crippen LogP contribution in [-0.4, -0.2) is 19.3 Å². The lowest BCUT2D eigenvalue weighted by Gasteiger charge is -2.18. The van der Waals surface area contributed by atoms with Crippen LogP contribution in [0.5, 0.6) is 0 Å². The van der Waals surface area contributed by atoms with Gasteiger partial charge in [-0.15, -0.1) is 11.3 Å². The topological polar surface area (TPSA) is 21.3 Å². The number of ether oxygens (including phenoxy) is 1. The van der Waals surface area contributed by atoms with E-state index in [1.54, 1.807) is 0 Å². The van der Waals surface area contributed by atoms with E-state index in [1.165, 1.54) is 39.9 Å². The first-order valence-electron chi connectivity index (χ1n) is 6.81. The number of thiophene rings is 1. The first-order valence-corrected chi connectivity index (χ1v) is 8.42. The zero-order chi connectivity index (χ0) is 13.0. The lowest BCUT2D eigenvalue weighted by Crippen LogP contribution is -2.21. The Labute approximate surface area is 122 Å². The monoisotopic (exact) mass is 331 g/mol. The summed E-state index contributed by atoms with van der Waals surface area (Å²) in [7, 11) is 0. The van der Waals surface area contributed by atoms with Crippen molar-refractivity contribution in [1.82, 2.24) is 5.32 Å². The van der Waals surface area contributed by atoms with E-state index < -0.39 is 0 Å². The lowest BCUT2D eigenvalue weighted by atomic mass is 10.0. The molecule has 0 spiro atoms. The van der Waals surface area contributed by atoms with Gasteiger partial charge in [-0.1, -0.05) is 6.92 Å². The predicted octanol–water partition coefficient (Wildman–Crippen LogP) is 4.43. The second kappa shape index (κ2) is 7.04. The molecule has 0 aliphatic carbocycles. The van der Waals surface area contributed by atoms with E-state index >= 15 is 0 Å². The van der Waals surface area contributed by atoms with Gasteiger partial charge in [0, 0.05) is 17.5 Å². The summed E-state index contributed by atoms with van der Waals surface area (Å²) in [6.07, 6.45) is 5.32. The van der Waals surface area contributed by atoms with E-state index in [0.29, 0.717) is 12.1 Å². The minimum atomic E-state index is 0.481. The van der Waals surface area contributed by atoms with Crippen LogP contribution in [0.4, 0.5) is 0 Å². The highest BCUT2D eigenvalue weighted by Crippen LogP contribution is 2.34. The van der Waals surface area contributed by atoms with Gasteiger partial charge in [-0.3, -0.25) is 0 Å². The molecule has 1 fully saturated rings. The van der Waals surface area contributed by atoms with Gasteiger partial charge in [0.15, 0.2) is 0 Å². The van der Waals surface area contributed by atoms with Crippen molar-refractivity contribution in [2.24, 2.45) is 0 Å². The average molecular weight is 332 g/mol. The molecule has 0 amide bonds. The summed E-state index contributed by atoms with van der Waals surface area (Å²) >= 11 is 5.48. The summed E-state index contributed by atoms with van der Waals surface area (Å²) in [5, 5.41) is 3.60. The van der Waals surface area contributed by atoms with E-state index in [1.807, 2.05) is 11.3 Å². The van der Waals surface area contributed by atoms with Gasteiger partial charge in [0.1, 0.15) is 0 Å². The Morgan fingerprint density at radius 2 is 2.44 bits per heavy atom. The van der Waals surface area contributed by atoms with Gasteiger partial charge in [-0.05, 0) is 66.7 Å². The van der Waals surface area contributed by atoms with Gasteiger partial charge >= 0.3 is 0 Å². The SMILES string of the molecule is CCNC(CCC1CCCO1)c1cc(C)c(Br)s1. The van der Waals surface area contributed by atoms with Crippen molar-refractivity contribution in [2.45, 2.75) is 51.7 Å². The van der Waals surface area contributed by atoms with Gasteiger partial charge < -0.3 is 10.1 Å². The Balaban J connectivity index is 1.94. The van der Waals surface area contributed by atoms with Crippen molar-refractivity contribution in [2.75, 3.05) is 13.2 Å². The molecular weight excluding hydrogens is 310 g/mol. The van der Waals surface area contributed by atoms with Crippen LogP contribution in [0.1, 0.15) is 49.1 Å². The number of halogens is 1. The normalized spacial score (nSPS) is 21.4. The largest absolute Gasteiger partial charge is 0.378 e. The van der Waals surface area contributed by atoms with E-state index in [2.05, 4.69) is 41.2 Å².